The van der Waals surface area contributed by atoms with Gasteiger partial charge in [-0.05, 0) is 66.3 Å². The first-order valence-corrected chi connectivity index (χ1v) is 14.1. The number of hydrogen-bond donors (Lipinski definition) is 3. The second-order valence-corrected chi connectivity index (χ2v) is 11.5. The third kappa shape index (κ3) is 17.9. The average molecular weight is 584 g/mol. The highest BCUT2D eigenvalue weighted by molar-refractivity contribution is 6.31. The summed E-state index contributed by atoms with van der Waals surface area (Å²) in [6, 6.07) is 7.96. The zero-order valence-corrected chi connectivity index (χ0v) is 25.9. The Hall–Kier alpha value is -2.55. The van der Waals surface area contributed by atoms with Gasteiger partial charge in [0.25, 0.3) is 0 Å². The van der Waals surface area contributed by atoms with Gasteiger partial charge in [-0.1, -0.05) is 71.3 Å². The molecule has 6 nitrogen and oxygen atoms in total. The van der Waals surface area contributed by atoms with Crippen molar-refractivity contribution in [3.8, 4) is 0 Å². The van der Waals surface area contributed by atoms with E-state index in [9.17, 15) is 18.4 Å². The summed E-state index contributed by atoms with van der Waals surface area (Å²) < 4.78 is 33.0. The molecule has 9 heteroatoms. The number of anilines is 1. The molecule has 0 aromatic heterocycles. The lowest BCUT2D eigenvalue weighted by Gasteiger charge is -2.16. The standard InChI is InChI=1S/C18H19ClF2N2O.C8H17NO2.C5H12/c1-11-4-3-5-14(18(11)21)12(2)8-22-9-13-6-16(20)15(19)7-17(13)23-10-24;1-2-6-11-7-4-3-5-9-8-10;1-5(2,3)4/h3-7,10,12,22H,8-9H2,1-2H3,(H,23,24);8H,2-7H2,1H3,(H,9,10);1-4H3. The molecule has 0 saturated heterocycles. The van der Waals surface area contributed by atoms with Crippen LogP contribution in [-0.2, 0) is 20.9 Å². The fourth-order valence-electron chi connectivity index (χ4n) is 3.25. The number of unbranched alkanes of at least 4 members (excludes halogenated alkanes) is 1. The van der Waals surface area contributed by atoms with Gasteiger partial charge in [-0.25, -0.2) is 8.78 Å². The molecule has 0 bridgehead atoms. The maximum atomic E-state index is 14.1. The van der Waals surface area contributed by atoms with Gasteiger partial charge in [0.05, 0.1) is 5.02 Å². The van der Waals surface area contributed by atoms with Crippen LogP contribution in [0.1, 0.15) is 83.4 Å². The van der Waals surface area contributed by atoms with Crippen LogP contribution in [0.3, 0.4) is 0 Å². The molecule has 0 heterocycles. The number of aryl methyl sites for hydroxylation is 1. The van der Waals surface area contributed by atoms with Gasteiger partial charge in [-0.3, -0.25) is 9.59 Å². The third-order valence-electron chi connectivity index (χ3n) is 5.17. The molecular formula is C31H48ClF2N3O3. The predicted molar refractivity (Wildman–Crippen MR) is 162 cm³/mol. The van der Waals surface area contributed by atoms with Crippen LogP contribution >= 0.6 is 11.6 Å². The number of ether oxygens (including phenoxy) is 1. The van der Waals surface area contributed by atoms with Crippen molar-refractivity contribution in [2.24, 2.45) is 5.41 Å². The topological polar surface area (TPSA) is 79.5 Å². The predicted octanol–water partition coefficient (Wildman–Crippen LogP) is 7.38. The van der Waals surface area contributed by atoms with E-state index in [2.05, 4.69) is 50.6 Å². The normalized spacial score (nSPS) is 11.3. The summed E-state index contributed by atoms with van der Waals surface area (Å²) in [6.07, 6.45) is 4.35. The zero-order chi connectivity index (χ0) is 30.6. The number of hydrogen-bond acceptors (Lipinski definition) is 4. The molecule has 0 radical (unpaired) electrons. The van der Waals surface area contributed by atoms with Gasteiger partial charge in [-0.15, -0.1) is 0 Å². The van der Waals surface area contributed by atoms with Crippen molar-refractivity contribution in [3.63, 3.8) is 0 Å². The molecule has 1 unspecified atom stereocenters. The van der Waals surface area contributed by atoms with Crippen molar-refractivity contribution < 1.29 is 23.1 Å². The Bertz CT molecular complexity index is 995. The van der Waals surface area contributed by atoms with Gasteiger partial charge in [0.15, 0.2) is 0 Å². The van der Waals surface area contributed by atoms with E-state index in [1.165, 1.54) is 12.1 Å². The quantitative estimate of drug-likeness (QED) is 0.151. The second-order valence-electron chi connectivity index (χ2n) is 11.1. The van der Waals surface area contributed by atoms with Gasteiger partial charge in [-0.2, -0.15) is 0 Å². The molecule has 0 aliphatic heterocycles. The Labute approximate surface area is 244 Å². The minimum atomic E-state index is -0.553. The number of rotatable bonds is 15. The molecular weight excluding hydrogens is 536 g/mol. The Morgan fingerprint density at radius 2 is 1.73 bits per heavy atom. The fourth-order valence-corrected chi connectivity index (χ4v) is 3.42. The first kappa shape index (κ1) is 37.5. The van der Waals surface area contributed by atoms with Crippen LogP contribution in [0.2, 0.25) is 5.02 Å². The van der Waals surface area contributed by atoms with Crippen molar-refractivity contribution in [2.45, 2.75) is 80.2 Å². The maximum Gasteiger partial charge on any atom is 0.211 e. The van der Waals surface area contributed by atoms with Crippen molar-refractivity contribution >= 4 is 30.1 Å². The van der Waals surface area contributed by atoms with E-state index in [0.29, 0.717) is 47.3 Å². The minimum absolute atomic E-state index is 0.0514. The lowest BCUT2D eigenvalue weighted by Crippen LogP contribution is -2.21. The highest BCUT2D eigenvalue weighted by atomic mass is 35.5. The fraction of sp³-hybridized carbons (Fsp3) is 0.548. The van der Waals surface area contributed by atoms with Crippen LogP contribution in [0, 0.1) is 24.0 Å². The van der Waals surface area contributed by atoms with Gasteiger partial charge >= 0.3 is 0 Å². The second kappa shape index (κ2) is 21.2. The Balaban J connectivity index is 0.000000788. The molecule has 0 saturated carbocycles. The van der Waals surface area contributed by atoms with Crippen LogP contribution in [0.15, 0.2) is 30.3 Å². The van der Waals surface area contributed by atoms with E-state index in [1.54, 1.807) is 19.1 Å². The van der Waals surface area contributed by atoms with Crippen molar-refractivity contribution in [3.05, 3.63) is 63.7 Å². The Morgan fingerprint density at radius 3 is 2.33 bits per heavy atom. The molecule has 0 aliphatic rings. The van der Waals surface area contributed by atoms with E-state index < -0.39 is 5.82 Å². The molecule has 2 aromatic rings. The number of benzene rings is 2. The monoisotopic (exact) mass is 583 g/mol. The smallest absolute Gasteiger partial charge is 0.211 e. The highest BCUT2D eigenvalue weighted by Crippen LogP contribution is 2.25. The van der Waals surface area contributed by atoms with Crippen LogP contribution in [0.25, 0.3) is 0 Å². The van der Waals surface area contributed by atoms with Crippen molar-refractivity contribution in [1.29, 1.82) is 0 Å². The van der Waals surface area contributed by atoms with Gasteiger partial charge in [0, 0.05) is 38.5 Å². The van der Waals surface area contributed by atoms with Gasteiger partial charge in [0.2, 0.25) is 12.8 Å². The molecule has 2 amide bonds. The van der Waals surface area contributed by atoms with Crippen molar-refractivity contribution in [2.75, 3.05) is 31.6 Å². The van der Waals surface area contributed by atoms with Crippen LogP contribution in [-0.4, -0.2) is 39.1 Å². The van der Waals surface area contributed by atoms with Crippen molar-refractivity contribution in [1.82, 2.24) is 10.6 Å². The SMILES string of the molecule is CC(C)(C)C.CCCOCCCCNC=O.Cc1cccc(C(C)CNCc2cc(F)c(Cl)cc2NC=O)c1F. The molecule has 226 valence electrons. The van der Waals surface area contributed by atoms with E-state index >= 15 is 0 Å². The zero-order valence-electron chi connectivity index (χ0n) is 25.1. The van der Waals surface area contributed by atoms with Crippen LogP contribution in [0.5, 0.6) is 0 Å². The number of halogens is 3. The van der Waals surface area contributed by atoms with E-state index in [4.69, 9.17) is 16.3 Å². The molecule has 2 aromatic carbocycles. The number of nitrogens with one attached hydrogen (secondary N) is 3. The summed E-state index contributed by atoms with van der Waals surface area (Å²) in [7, 11) is 0. The van der Waals surface area contributed by atoms with E-state index in [-0.39, 0.29) is 16.8 Å². The number of amides is 2. The summed E-state index contributed by atoms with van der Waals surface area (Å²) in [5.74, 6) is -0.806. The number of carbonyl (C=O) groups excluding carboxylic acids is 2. The molecule has 1 atom stereocenters. The van der Waals surface area contributed by atoms with Gasteiger partial charge < -0.3 is 20.7 Å². The highest BCUT2D eigenvalue weighted by Gasteiger charge is 2.13. The van der Waals surface area contributed by atoms with E-state index in [1.807, 2.05) is 13.0 Å². The summed E-state index contributed by atoms with van der Waals surface area (Å²) in [5.41, 5.74) is 2.76. The Kier molecular flexibility index (Phi) is 19.9. The Morgan fingerprint density at radius 1 is 1.05 bits per heavy atom. The summed E-state index contributed by atoms with van der Waals surface area (Å²) >= 11 is 5.73. The lowest BCUT2D eigenvalue weighted by molar-refractivity contribution is -0.109. The number of carbonyl (C=O) groups is 2. The molecule has 0 fully saturated rings. The first-order chi connectivity index (χ1) is 18.8. The molecule has 40 heavy (non-hydrogen) atoms. The maximum absolute atomic E-state index is 14.1. The summed E-state index contributed by atoms with van der Waals surface area (Å²) in [6.45, 7) is 17.7. The van der Waals surface area contributed by atoms with E-state index in [0.717, 1.165) is 45.4 Å². The largest absolute Gasteiger partial charge is 0.381 e. The molecule has 0 spiro atoms. The summed E-state index contributed by atoms with van der Waals surface area (Å²) in [4.78, 5) is 20.4. The lowest BCUT2D eigenvalue weighted by atomic mass is 9.98. The minimum Gasteiger partial charge on any atom is -0.381 e. The first-order valence-electron chi connectivity index (χ1n) is 13.7. The van der Waals surface area contributed by atoms with Gasteiger partial charge in [0.1, 0.15) is 11.6 Å². The molecule has 3 N–H and O–H groups in total. The van der Waals surface area contributed by atoms with Crippen LogP contribution < -0.4 is 16.0 Å². The molecule has 0 aliphatic carbocycles. The average Bonchev–Trinajstić information content (AvgIpc) is 2.87. The van der Waals surface area contributed by atoms with Crippen LogP contribution in [0.4, 0.5) is 14.5 Å². The summed E-state index contributed by atoms with van der Waals surface area (Å²) in [5, 5.41) is 8.20. The molecule has 2 rings (SSSR count). The third-order valence-corrected chi connectivity index (χ3v) is 5.46.